The van der Waals surface area contributed by atoms with Crippen LogP contribution in [0.2, 0.25) is 15.1 Å². The summed E-state index contributed by atoms with van der Waals surface area (Å²) in [4.78, 5) is 26.7. The first-order chi connectivity index (χ1) is 12.4. The lowest BCUT2D eigenvalue weighted by atomic mass is 10.3. The molecule has 0 spiro atoms. The molecule has 0 unspecified atom stereocenters. The largest absolute Gasteiger partial charge is 0.473 e. The maximum Gasteiger partial charge on any atom is 0.331 e. The second kappa shape index (κ2) is 8.22. The molecule has 1 heterocycles. The summed E-state index contributed by atoms with van der Waals surface area (Å²) in [6.45, 7) is -0.109. The first-order valence-corrected chi connectivity index (χ1v) is 9.23. The Morgan fingerprint density at radius 2 is 1.65 bits per heavy atom. The molecular formula is C17H11Cl3N2O3S. The third-order valence-electron chi connectivity index (χ3n) is 3.30. The van der Waals surface area contributed by atoms with Gasteiger partial charge in [0.25, 0.3) is 5.56 Å². The van der Waals surface area contributed by atoms with Crippen LogP contribution in [-0.4, -0.2) is 9.55 Å². The lowest BCUT2D eigenvalue weighted by Crippen LogP contribution is -2.32. The third-order valence-corrected chi connectivity index (χ3v) is 5.59. The zero-order valence-corrected chi connectivity index (χ0v) is 16.1. The Balaban J connectivity index is 1.93. The lowest BCUT2D eigenvalue weighted by molar-refractivity contribution is 0.219. The molecule has 3 rings (SSSR count). The van der Waals surface area contributed by atoms with Crippen LogP contribution in [0.25, 0.3) is 0 Å². The average molecular weight is 430 g/mol. The fraction of sp³-hybridized carbons (Fsp3) is 0.0588. The molecule has 134 valence electrons. The number of halogens is 3. The van der Waals surface area contributed by atoms with Gasteiger partial charge in [0.1, 0.15) is 5.75 Å². The van der Waals surface area contributed by atoms with Crippen LogP contribution in [-0.2, 0) is 6.73 Å². The van der Waals surface area contributed by atoms with Gasteiger partial charge in [0.2, 0.25) is 0 Å². The molecule has 0 aliphatic rings. The van der Waals surface area contributed by atoms with Crippen molar-refractivity contribution in [1.82, 2.24) is 9.55 Å². The molecule has 1 N–H and O–H groups in total. The van der Waals surface area contributed by atoms with Gasteiger partial charge in [-0.15, -0.1) is 0 Å². The van der Waals surface area contributed by atoms with E-state index >= 15 is 0 Å². The van der Waals surface area contributed by atoms with E-state index in [1.54, 1.807) is 42.5 Å². The van der Waals surface area contributed by atoms with Crippen molar-refractivity contribution in [2.24, 2.45) is 0 Å². The van der Waals surface area contributed by atoms with Gasteiger partial charge in [-0.2, -0.15) is 0 Å². The summed E-state index contributed by atoms with van der Waals surface area (Å²) in [5.74, 6) is 0.527. The standard InChI is InChI=1S/C17H11Cl3N2O3S/c18-10-4-6-11(7-5-10)25-9-22-15(8-14(23)21-17(22)24)26-16-12(19)2-1-3-13(16)20/h1-8H,9H2,(H,21,23,24). The van der Waals surface area contributed by atoms with Crippen molar-refractivity contribution in [1.29, 1.82) is 0 Å². The molecule has 0 bridgehead atoms. The summed E-state index contributed by atoms with van der Waals surface area (Å²) in [6.07, 6.45) is 0. The van der Waals surface area contributed by atoms with Gasteiger partial charge in [-0.3, -0.25) is 14.3 Å². The predicted molar refractivity (Wildman–Crippen MR) is 104 cm³/mol. The molecule has 0 saturated heterocycles. The van der Waals surface area contributed by atoms with Gasteiger partial charge in [0, 0.05) is 11.1 Å². The number of aromatic nitrogens is 2. The zero-order valence-electron chi connectivity index (χ0n) is 13.0. The summed E-state index contributed by atoms with van der Waals surface area (Å²) < 4.78 is 6.89. The summed E-state index contributed by atoms with van der Waals surface area (Å²) in [5.41, 5.74) is -1.12. The van der Waals surface area contributed by atoms with E-state index in [0.29, 0.717) is 30.7 Å². The first-order valence-electron chi connectivity index (χ1n) is 7.28. The summed E-state index contributed by atoms with van der Waals surface area (Å²) in [6, 6.07) is 13.1. The van der Waals surface area contributed by atoms with Gasteiger partial charge in [0.05, 0.1) is 20.0 Å². The molecule has 0 aliphatic carbocycles. The Hall–Kier alpha value is -1.86. The van der Waals surface area contributed by atoms with Crippen molar-refractivity contribution in [3.63, 3.8) is 0 Å². The number of hydrogen-bond acceptors (Lipinski definition) is 4. The van der Waals surface area contributed by atoms with Crippen molar-refractivity contribution in [3.8, 4) is 5.75 Å². The fourth-order valence-electron chi connectivity index (χ4n) is 2.06. The molecule has 0 fully saturated rings. The van der Waals surface area contributed by atoms with E-state index in [4.69, 9.17) is 39.5 Å². The van der Waals surface area contributed by atoms with Gasteiger partial charge in [-0.1, -0.05) is 52.6 Å². The molecule has 1 aromatic heterocycles. The Morgan fingerprint density at radius 3 is 2.31 bits per heavy atom. The highest BCUT2D eigenvalue weighted by atomic mass is 35.5. The highest BCUT2D eigenvalue weighted by Gasteiger charge is 2.13. The Bertz CT molecular complexity index is 1030. The van der Waals surface area contributed by atoms with Crippen molar-refractivity contribution in [2.75, 3.05) is 0 Å². The van der Waals surface area contributed by atoms with E-state index in [2.05, 4.69) is 4.98 Å². The molecule has 3 aromatic rings. The third kappa shape index (κ3) is 4.45. The van der Waals surface area contributed by atoms with Gasteiger partial charge < -0.3 is 4.74 Å². The minimum atomic E-state index is -0.600. The topological polar surface area (TPSA) is 64.1 Å². The number of benzene rings is 2. The highest BCUT2D eigenvalue weighted by molar-refractivity contribution is 7.99. The maximum absolute atomic E-state index is 12.2. The van der Waals surface area contributed by atoms with Crippen molar-refractivity contribution in [3.05, 3.63) is 84.4 Å². The molecule has 0 aliphatic heterocycles. The van der Waals surface area contributed by atoms with Gasteiger partial charge >= 0.3 is 5.69 Å². The second-order valence-electron chi connectivity index (χ2n) is 5.09. The molecule has 0 radical (unpaired) electrons. The van der Waals surface area contributed by atoms with Crippen LogP contribution in [0.4, 0.5) is 0 Å². The molecule has 0 atom stereocenters. The van der Waals surface area contributed by atoms with E-state index in [-0.39, 0.29) is 6.73 Å². The van der Waals surface area contributed by atoms with Gasteiger partial charge in [-0.05, 0) is 36.4 Å². The van der Waals surface area contributed by atoms with E-state index in [0.717, 1.165) is 11.8 Å². The smallest absolute Gasteiger partial charge is 0.331 e. The zero-order chi connectivity index (χ0) is 18.7. The van der Waals surface area contributed by atoms with E-state index in [1.807, 2.05) is 0 Å². The van der Waals surface area contributed by atoms with Crippen LogP contribution in [0.3, 0.4) is 0 Å². The fourth-order valence-corrected chi connectivity index (χ4v) is 3.77. The van der Waals surface area contributed by atoms with Crippen LogP contribution in [0, 0.1) is 0 Å². The molecule has 2 aromatic carbocycles. The number of hydrogen-bond donors (Lipinski definition) is 1. The first kappa shape index (κ1) is 18.9. The summed E-state index contributed by atoms with van der Waals surface area (Å²) in [7, 11) is 0. The number of rotatable bonds is 5. The second-order valence-corrected chi connectivity index (χ2v) is 7.37. The Labute approximate surface area is 167 Å². The van der Waals surface area contributed by atoms with E-state index in [1.165, 1.54) is 10.6 Å². The molecular weight excluding hydrogens is 419 g/mol. The Kier molecular flexibility index (Phi) is 5.98. The monoisotopic (exact) mass is 428 g/mol. The molecule has 9 heteroatoms. The van der Waals surface area contributed by atoms with Crippen LogP contribution >= 0.6 is 46.6 Å². The van der Waals surface area contributed by atoms with E-state index < -0.39 is 11.2 Å². The van der Waals surface area contributed by atoms with Crippen molar-refractivity contribution < 1.29 is 4.74 Å². The SMILES string of the molecule is O=c1cc(Sc2c(Cl)cccc2Cl)n(COc2ccc(Cl)cc2)c(=O)[nH]1. The van der Waals surface area contributed by atoms with Crippen LogP contribution in [0.5, 0.6) is 5.75 Å². The van der Waals surface area contributed by atoms with Crippen LogP contribution in [0.1, 0.15) is 0 Å². The number of aromatic amines is 1. The molecule has 5 nitrogen and oxygen atoms in total. The molecule has 26 heavy (non-hydrogen) atoms. The minimum Gasteiger partial charge on any atom is -0.473 e. The summed E-state index contributed by atoms with van der Waals surface area (Å²) in [5, 5.41) is 1.76. The number of nitrogens with one attached hydrogen (secondary N) is 1. The van der Waals surface area contributed by atoms with Gasteiger partial charge in [0.15, 0.2) is 6.73 Å². The summed E-state index contributed by atoms with van der Waals surface area (Å²) >= 11 is 19.3. The van der Waals surface area contributed by atoms with Crippen LogP contribution < -0.4 is 16.0 Å². The van der Waals surface area contributed by atoms with Crippen molar-refractivity contribution >= 4 is 46.6 Å². The lowest BCUT2D eigenvalue weighted by Gasteiger charge is -2.14. The number of nitrogens with zero attached hydrogens (tertiary/aromatic N) is 1. The van der Waals surface area contributed by atoms with Crippen molar-refractivity contribution in [2.45, 2.75) is 16.7 Å². The number of ether oxygens (including phenoxy) is 1. The predicted octanol–water partition coefficient (Wildman–Crippen LogP) is 4.68. The quantitative estimate of drug-likeness (QED) is 0.598. The normalized spacial score (nSPS) is 10.7. The maximum atomic E-state index is 12.2. The molecule has 0 saturated carbocycles. The molecule has 0 amide bonds. The minimum absolute atomic E-state index is 0.109. The van der Waals surface area contributed by atoms with Gasteiger partial charge in [-0.25, -0.2) is 4.79 Å². The average Bonchev–Trinajstić information content (AvgIpc) is 2.59. The Morgan fingerprint density at radius 1 is 1.00 bits per heavy atom. The highest BCUT2D eigenvalue weighted by Crippen LogP contribution is 2.37. The van der Waals surface area contributed by atoms with E-state index in [9.17, 15) is 9.59 Å². The van der Waals surface area contributed by atoms with Crippen LogP contribution in [0.15, 0.2) is 68.0 Å². The number of H-pyrrole nitrogens is 1.